The molecule has 0 heterocycles. The van der Waals surface area contributed by atoms with Crippen LogP contribution in [0.25, 0.3) is 0 Å². The van der Waals surface area contributed by atoms with E-state index in [0.29, 0.717) is 11.3 Å². The fraction of sp³-hybridized carbons (Fsp3) is 0.125. The van der Waals surface area contributed by atoms with E-state index < -0.39 is 21.8 Å². The van der Waals surface area contributed by atoms with Gasteiger partial charge in [0.1, 0.15) is 5.75 Å². The van der Waals surface area contributed by atoms with Crippen LogP contribution in [0, 0.1) is 0 Å². The molecule has 8 nitrogen and oxygen atoms in total. The molecule has 2 aromatic rings. The van der Waals surface area contributed by atoms with Gasteiger partial charge in [-0.1, -0.05) is 6.07 Å². The summed E-state index contributed by atoms with van der Waals surface area (Å²) in [6, 6.07) is 12.2. The Labute approximate surface area is 145 Å². The van der Waals surface area contributed by atoms with E-state index >= 15 is 0 Å². The molecule has 0 aliphatic rings. The summed E-state index contributed by atoms with van der Waals surface area (Å²) < 4.78 is 29.7. The van der Waals surface area contributed by atoms with Crippen LogP contribution in [0.1, 0.15) is 20.7 Å². The molecule has 0 bridgehead atoms. The van der Waals surface area contributed by atoms with Crippen LogP contribution in [0.15, 0.2) is 48.5 Å². The van der Waals surface area contributed by atoms with E-state index in [0.717, 1.165) is 6.26 Å². The van der Waals surface area contributed by atoms with Gasteiger partial charge in [0.15, 0.2) is 0 Å². The number of anilines is 1. The maximum atomic E-state index is 12.1. The Kier molecular flexibility index (Phi) is 5.60. The van der Waals surface area contributed by atoms with E-state index in [1.54, 1.807) is 24.3 Å². The molecule has 0 aromatic heterocycles. The van der Waals surface area contributed by atoms with E-state index in [1.807, 2.05) is 0 Å². The van der Waals surface area contributed by atoms with Gasteiger partial charge >= 0.3 is 0 Å². The molecule has 9 heteroatoms. The zero-order valence-electron chi connectivity index (χ0n) is 13.6. The highest BCUT2D eigenvalue weighted by Crippen LogP contribution is 2.12. The fourth-order valence-electron chi connectivity index (χ4n) is 1.94. The third-order valence-electron chi connectivity index (χ3n) is 3.07. The molecular formula is C16H17N3O5S. The highest BCUT2D eigenvalue weighted by Gasteiger charge is 2.11. The molecule has 0 aliphatic carbocycles. The summed E-state index contributed by atoms with van der Waals surface area (Å²) in [5.74, 6) is -0.476. The Bertz CT molecular complexity index is 879. The third-order valence-corrected chi connectivity index (χ3v) is 3.68. The lowest BCUT2D eigenvalue weighted by Crippen LogP contribution is -2.41. The van der Waals surface area contributed by atoms with E-state index in [1.165, 1.54) is 31.4 Å². The van der Waals surface area contributed by atoms with Crippen molar-refractivity contribution in [1.82, 2.24) is 10.9 Å². The Morgan fingerprint density at radius 1 is 0.920 bits per heavy atom. The third kappa shape index (κ3) is 5.50. The molecule has 2 amide bonds. The maximum Gasteiger partial charge on any atom is 0.269 e. The average Bonchev–Trinajstić information content (AvgIpc) is 2.58. The van der Waals surface area contributed by atoms with Crippen LogP contribution in [0.4, 0.5) is 5.69 Å². The van der Waals surface area contributed by atoms with Gasteiger partial charge in [0.05, 0.1) is 13.4 Å². The van der Waals surface area contributed by atoms with Crippen LogP contribution in [0.5, 0.6) is 5.75 Å². The van der Waals surface area contributed by atoms with Gasteiger partial charge in [-0.05, 0) is 42.5 Å². The number of carbonyl (C=O) groups is 2. The first kappa shape index (κ1) is 18.3. The molecule has 0 radical (unpaired) electrons. The van der Waals surface area contributed by atoms with Crippen LogP contribution < -0.4 is 20.3 Å². The van der Waals surface area contributed by atoms with Crippen LogP contribution in [0.3, 0.4) is 0 Å². The van der Waals surface area contributed by atoms with Gasteiger partial charge in [0.25, 0.3) is 11.8 Å². The summed E-state index contributed by atoms with van der Waals surface area (Å²) in [4.78, 5) is 24.1. The van der Waals surface area contributed by atoms with Crippen molar-refractivity contribution in [3.8, 4) is 5.75 Å². The molecule has 132 valence electrons. The van der Waals surface area contributed by atoms with E-state index in [4.69, 9.17) is 4.74 Å². The van der Waals surface area contributed by atoms with Crippen molar-refractivity contribution in [2.45, 2.75) is 0 Å². The van der Waals surface area contributed by atoms with Crippen molar-refractivity contribution in [2.75, 3.05) is 18.1 Å². The zero-order valence-corrected chi connectivity index (χ0v) is 14.4. The molecule has 0 saturated heterocycles. The average molecular weight is 363 g/mol. The van der Waals surface area contributed by atoms with Gasteiger partial charge < -0.3 is 4.74 Å². The monoisotopic (exact) mass is 363 g/mol. The number of benzene rings is 2. The largest absolute Gasteiger partial charge is 0.497 e. The minimum atomic E-state index is -3.45. The second-order valence-corrected chi connectivity index (χ2v) is 6.84. The number of hydrogen-bond acceptors (Lipinski definition) is 5. The number of ether oxygens (including phenoxy) is 1. The molecule has 2 aromatic carbocycles. The number of nitrogens with one attached hydrogen (secondary N) is 3. The summed E-state index contributed by atoms with van der Waals surface area (Å²) in [5, 5.41) is 0. The second-order valence-electron chi connectivity index (χ2n) is 5.09. The van der Waals surface area contributed by atoms with Crippen molar-refractivity contribution >= 4 is 27.5 Å². The first-order valence-corrected chi connectivity index (χ1v) is 9.00. The molecule has 0 spiro atoms. The Hall–Kier alpha value is -3.07. The first-order chi connectivity index (χ1) is 11.8. The lowest BCUT2D eigenvalue weighted by molar-refractivity contribution is 0.0846. The van der Waals surface area contributed by atoms with Gasteiger partial charge in [-0.2, -0.15) is 0 Å². The molecule has 0 atom stereocenters. The van der Waals surface area contributed by atoms with Gasteiger partial charge in [0, 0.05) is 16.8 Å². The van der Waals surface area contributed by atoms with Crippen molar-refractivity contribution < 1.29 is 22.7 Å². The number of hydrazine groups is 1. The van der Waals surface area contributed by atoms with E-state index in [-0.39, 0.29) is 11.3 Å². The second kappa shape index (κ2) is 7.67. The Balaban J connectivity index is 1.99. The minimum Gasteiger partial charge on any atom is -0.497 e. The van der Waals surface area contributed by atoms with Gasteiger partial charge in [-0.3, -0.25) is 25.2 Å². The summed E-state index contributed by atoms with van der Waals surface area (Å²) in [6.07, 6.45) is 1.01. The van der Waals surface area contributed by atoms with Crippen LogP contribution in [-0.2, 0) is 10.0 Å². The predicted molar refractivity (Wildman–Crippen MR) is 92.8 cm³/mol. The van der Waals surface area contributed by atoms with Crippen LogP contribution >= 0.6 is 0 Å². The number of amides is 2. The van der Waals surface area contributed by atoms with Gasteiger partial charge in [0.2, 0.25) is 10.0 Å². The molecule has 0 aliphatic heterocycles. The highest BCUT2D eigenvalue weighted by atomic mass is 32.2. The minimum absolute atomic E-state index is 0.184. The normalized spacial score (nSPS) is 10.6. The molecule has 25 heavy (non-hydrogen) atoms. The van der Waals surface area contributed by atoms with Crippen molar-refractivity contribution in [1.29, 1.82) is 0 Å². The summed E-state index contributed by atoms with van der Waals surface area (Å²) in [5.41, 5.74) is 5.33. The number of methoxy groups -OCH3 is 1. The standard InChI is InChI=1S/C16H17N3O5S/c1-24-14-8-6-11(7-9-14)15(20)17-18-16(21)12-4-3-5-13(10-12)19-25(2,22)23/h3-10,19H,1-2H3,(H,17,20)(H,18,21). The van der Waals surface area contributed by atoms with Crippen molar-refractivity contribution in [2.24, 2.45) is 0 Å². The summed E-state index contributed by atoms with van der Waals surface area (Å²) >= 11 is 0. The molecular weight excluding hydrogens is 346 g/mol. The zero-order chi connectivity index (χ0) is 18.4. The molecule has 0 saturated carbocycles. The highest BCUT2D eigenvalue weighted by molar-refractivity contribution is 7.92. The topological polar surface area (TPSA) is 114 Å². The number of sulfonamides is 1. The SMILES string of the molecule is COc1ccc(C(=O)NNC(=O)c2cccc(NS(C)(=O)=O)c2)cc1. The van der Waals surface area contributed by atoms with Gasteiger partial charge in [-0.25, -0.2) is 8.42 Å². The van der Waals surface area contributed by atoms with Crippen molar-refractivity contribution in [3.05, 3.63) is 59.7 Å². The van der Waals surface area contributed by atoms with Gasteiger partial charge in [-0.15, -0.1) is 0 Å². The maximum absolute atomic E-state index is 12.1. The van der Waals surface area contributed by atoms with E-state index in [9.17, 15) is 18.0 Å². The number of hydrogen-bond donors (Lipinski definition) is 3. The fourth-order valence-corrected chi connectivity index (χ4v) is 2.49. The Morgan fingerprint density at radius 2 is 1.52 bits per heavy atom. The van der Waals surface area contributed by atoms with Crippen molar-refractivity contribution in [3.63, 3.8) is 0 Å². The number of carbonyl (C=O) groups excluding carboxylic acids is 2. The first-order valence-electron chi connectivity index (χ1n) is 7.11. The predicted octanol–water partition coefficient (Wildman–Crippen LogP) is 1.14. The summed E-state index contributed by atoms with van der Waals surface area (Å²) in [6.45, 7) is 0. The lowest BCUT2D eigenvalue weighted by Gasteiger charge is -2.09. The molecule has 2 rings (SSSR count). The smallest absolute Gasteiger partial charge is 0.269 e. The molecule has 0 fully saturated rings. The Morgan fingerprint density at radius 3 is 2.08 bits per heavy atom. The lowest BCUT2D eigenvalue weighted by atomic mass is 10.2. The van der Waals surface area contributed by atoms with E-state index in [2.05, 4.69) is 15.6 Å². The van der Waals surface area contributed by atoms with Crippen LogP contribution in [0.2, 0.25) is 0 Å². The number of rotatable bonds is 5. The molecule has 3 N–H and O–H groups in total. The summed E-state index contributed by atoms with van der Waals surface area (Å²) in [7, 11) is -1.93. The quantitative estimate of drug-likeness (QED) is 0.690. The van der Waals surface area contributed by atoms with Crippen LogP contribution in [-0.4, -0.2) is 33.6 Å². The molecule has 0 unspecified atom stereocenters.